The van der Waals surface area contributed by atoms with Gasteiger partial charge in [0.25, 0.3) is 0 Å². The Morgan fingerprint density at radius 2 is 1.76 bits per heavy atom. The molecule has 68 heavy (non-hydrogen) atoms. The molecule has 1 amide bonds. The fraction of sp³-hybridized carbons (Fsp3) is 0.640. The number of carbonyl (C=O) groups excluding carboxylic acids is 4. The molecule has 1 aromatic heterocycles. The summed E-state index contributed by atoms with van der Waals surface area (Å²) in [6.45, 7) is 14.1. The predicted octanol–water partition coefficient (Wildman–Crippen LogP) is 5.37. The van der Waals surface area contributed by atoms with Crippen molar-refractivity contribution in [2.45, 2.75) is 147 Å². The van der Waals surface area contributed by atoms with Crippen molar-refractivity contribution in [1.29, 1.82) is 0 Å². The number of ketones is 1. The van der Waals surface area contributed by atoms with Crippen molar-refractivity contribution in [3.05, 3.63) is 66.4 Å². The summed E-state index contributed by atoms with van der Waals surface area (Å²) in [5.74, 6) is -4.06. The summed E-state index contributed by atoms with van der Waals surface area (Å²) in [6.07, 6.45) is -1.33. The number of methoxy groups -OCH3 is 1. The molecule has 0 saturated carbocycles. The van der Waals surface area contributed by atoms with Crippen LogP contribution in [0.4, 0.5) is 10.5 Å². The van der Waals surface area contributed by atoms with E-state index in [0.717, 1.165) is 5.56 Å². The maximum Gasteiger partial charge on any atom is 0.410 e. The highest BCUT2D eigenvalue weighted by atomic mass is 16.7. The number of aryl methyl sites for hydroxylation is 1. The van der Waals surface area contributed by atoms with E-state index in [2.05, 4.69) is 22.6 Å². The second-order valence-corrected chi connectivity index (χ2v) is 19.6. The second-order valence-electron chi connectivity index (χ2n) is 19.6. The Bertz CT molecular complexity index is 2180. The number of rotatable bonds is 14. The number of nitrogens with two attached hydrogens (primary N) is 1. The number of esters is 2. The number of amides is 1. The lowest BCUT2D eigenvalue weighted by Crippen LogP contribution is -2.61. The number of nitrogen functional groups attached to an aromatic ring is 1. The number of Topliss-reactive ketones (excluding diaryl/α,β-unsaturated/α-hetero) is 1. The molecular formula is C50H75N7O11. The molecule has 0 bridgehead atoms. The predicted molar refractivity (Wildman–Crippen MR) is 255 cm³/mol. The summed E-state index contributed by atoms with van der Waals surface area (Å²) in [4.78, 5) is 59.3. The summed E-state index contributed by atoms with van der Waals surface area (Å²) >= 11 is 0. The number of ether oxygens (including phenoxy) is 6. The van der Waals surface area contributed by atoms with Crippen LogP contribution in [0.25, 0.3) is 11.3 Å². The van der Waals surface area contributed by atoms with Gasteiger partial charge in [0, 0.05) is 50.9 Å². The van der Waals surface area contributed by atoms with Crippen LogP contribution in [-0.4, -0.2) is 155 Å². The number of nitrogens with one attached hydrogen (secondary N) is 1. The maximum absolute atomic E-state index is 14.6. The van der Waals surface area contributed by atoms with Crippen LogP contribution in [0, 0.1) is 17.8 Å². The number of carbonyl (C=O) groups is 4. The number of cyclic esters (lactones) is 1. The largest absolute Gasteiger partial charge is 0.459 e. The minimum absolute atomic E-state index is 0. The molecule has 2 unspecified atom stereocenters. The average molecular weight is 950 g/mol. The van der Waals surface area contributed by atoms with E-state index in [1.807, 2.05) is 76.3 Å². The van der Waals surface area contributed by atoms with Crippen LogP contribution < -0.4 is 11.1 Å². The van der Waals surface area contributed by atoms with Gasteiger partial charge in [-0.3, -0.25) is 19.2 Å². The van der Waals surface area contributed by atoms with Crippen molar-refractivity contribution in [3.8, 4) is 11.3 Å². The molecule has 18 heteroatoms. The van der Waals surface area contributed by atoms with Gasteiger partial charge in [-0.25, -0.2) is 9.59 Å². The van der Waals surface area contributed by atoms with Crippen LogP contribution in [0.1, 0.15) is 92.4 Å². The normalized spacial score (nSPS) is 33.0. The molecule has 13 atom stereocenters. The number of hydrogen-bond acceptors (Lipinski definition) is 16. The molecule has 2 aromatic carbocycles. The molecule has 0 aliphatic carbocycles. The van der Waals surface area contributed by atoms with Gasteiger partial charge in [-0.15, -0.1) is 5.10 Å². The van der Waals surface area contributed by atoms with Gasteiger partial charge in [-0.2, -0.15) is 0 Å². The summed E-state index contributed by atoms with van der Waals surface area (Å²) in [7, 11) is 5.21. The standard InChI is InChI=1S/C50H73N7O11.H2/c1-11-40-50(7)43(57(48(62)68-50)23-16-15-22-56-28-38(53-54-56)35-20-17-21-36(51)24-35)33(5)52-27-30(2)26-49(6,63-10)44(31(3)41(58)32(4)45(60)66-40)67-47-42(59)39(55(8)9)25-37(65-47)29-64-46(61)34-18-13-12-14-19-34;/h12-14,17-21,24,28,30-33,37,39-40,42-44,47,52,59H,11,15-16,22-23,25-27,29,51H2,1-10H3;1H/t30-,31+,32-,33-,37+,39?,40-,42?,43-,44-,47+,49-,50-;/m1./s1. The monoisotopic (exact) mass is 950 g/mol. The third kappa shape index (κ3) is 11.9. The number of benzene rings is 2. The molecule has 3 fully saturated rings. The second kappa shape index (κ2) is 22.6. The highest BCUT2D eigenvalue weighted by Gasteiger charge is 2.59. The Morgan fingerprint density at radius 3 is 2.44 bits per heavy atom. The molecule has 3 aliphatic heterocycles. The highest BCUT2D eigenvalue weighted by molar-refractivity contribution is 6.00. The highest BCUT2D eigenvalue weighted by Crippen LogP contribution is 2.40. The van der Waals surface area contributed by atoms with E-state index >= 15 is 0 Å². The third-order valence-electron chi connectivity index (χ3n) is 14.1. The van der Waals surface area contributed by atoms with Crippen LogP contribution in [-0.2, 0) is 44.6 Å². The number of fused-ring (bicyclic) bond motifs is 1. The molecule has 18 nitrogen and oxygen atoms in total. The lowest BCUT2D eigenvalue weighted by atomic mass is 9.78. The van der Waals surface area contributed by atoms with Crippen molar-refractivity contribution in [3.63, 3.8) is 0 Å². The Morgan fingerprint density at radius 1 is 1.04 bits per heavy atom. The van der Waals surface area contributed by atoms with E-state index in [-0.39, 0.29) is 20.0 Å². The molecule has 3 saturated heterocycles. The Labute approximate surface area is 401 Å². The first-order valence-electron chi connectivity index (χ1n) is 24.0. The smallest absolute Gasteiger partial charge is 0.410 e. The van der Waals surface area contributed by atoms with E-state index in [4.69, 9.17) is 34.2 Å². The van der Waals surface area contributed by atoms with Gasteiger partial charge in [0.15, 0.2) is 17.7 Å². The third-order valence-corrected chi connectivity index (χ3v) is 14.1. The molecule has 4 N–H and O–H groups in total. The number of likely N-dealkylation sites (N-methyl/N-ethyl adjacent to an activating group) is 1. The van der Waals surface area contributed by atoms with Gasteiger partial charge in [-0.1, -0.05) is 56.3 Å². The zero-order valence-corrected chi connectivity index (χ0v) is 41.3. The summed E-state index contributed by atoms with van der Waals surface area (Å²) in [6, 6.07) is 14.7. The molecule has 3 aliphatic rings. The first-order valence-corrected chi connectivity index (χ1v) is 24.0. The average Bonchev–Trinajstić information content (AvgIpc) is 3.90. The van der Waals surface area contributed by atoms with Gasteiger partial charge >= 0.3 is 18.0 Å². The van der Waals surface area contributed by atoms with E-state index in [0.29, 0.717) is 68.7 Å². The van der Waals surface area contributed by atoms with Gasteiger partial charge < -0.3 is 49.5 Å². The SMILES string of the molecule is CC[C@H]1OC(=O)[C@H](C)C(=O)[C@H](C)[C@@H](O[C@@H]2O[C@H](COC(=O)c3ccccc3)CC(N(C)C)C2O)[C@](C)(OC)C[C@@H](C)CN[C@H](C)[C@H]2N(CCCCn3cc(-c4cccc(N)c4)nn3)C(=O)O[C@]12C.[HH]. The van der Waals surface area contributed by atoms with Gasteiger partial charge in [0.1, 0.15) is 30.4 Å². The van der Waals surface area contributed by atoms with Gasteiger partial charge in [0.2, 0.25) is 0 Å². The number of nitrogens with zero attached hydrogens (tertiary/aromatic N) is 5. The van der Waals surface area contributed by atoms with Crippen molar-refractivity contribution < 1.29 is 54.1 Å². The van der Waals surface area contributed by atoms with Crippen LogP contribution in [0.5, 0.6) is 0 Å². The van der Waals surface area contributed by atoms with Crippen LogP contribution in [0.15, 0.2) is 60.8 Å². The topological polar surface area (TPSA) is 219 Å². The molecule has 3 aromatic rings. The molecule has 0 spiro atoms. The summed E-state index contributed by atoms with van der Waals surface area (Å²) in [5.41, 5.74) is 6.16. The van der Waals surface area contributed by atoms with Gasteiger partial charge in [0.05, 0.1) is 35.6 Å². The first-order chi connectivity index (χ1) is 32.3. The maximum atomic E-state index is 14.6. The fourth-order valence-electron chi connectivity index (χ4n) is 10.3. The van der Waals surface area contributed by atoms with E-state index in [1.54, 1.807) is 54.8 Å². The molecule has 376 valence electrons. The Hall–Kier alpha value is -4.98. The molecule has 6 rings (SSSR count). The number of aromatic nitrogens is 3. The minimum atomic E-state index is -1.28. The zero-order valence-electron chi connectivity index (χ0n) is 41.3. The van der Waals surface area contributed by atoms with E-state index < -0.39 is 89.6 Å². The quantitative estimate of drug-likeness (QED) is 0.0609. The summed E-state index contributed by atoms with van der Waals surface area (Å²) < 4.78 is 39.4. The molecular weight excluding hydrogens is 875 g/mol. The Balaban J connectivity index is 0.00000888. The van der Waals surface area contributed by atoms with Crippen LogP contribution in [0.2, 0.25) is 0 Å². The minimum Gasteiger partial charge on any atom is -0.459 e. The number of aliphatic hydroxyl groups excluding tert-OH is 1. The van der Waals surface area contributed by atoms with Crippen molar-refractivity contribution in [2.75, 3.05) is 46.6 Å². The number of hydrogen-bond donors (Lipinski definition) is 3. The number of aliphatic hydroxyl groups is 1. The van der Waals surface area contributed by atoms with Crippen LogP contribution in [0.3, 0.4) is 0 Å². The van der Waals surface area contributed by atoms with Crippen molar-refractivity contribution >= 4 is 29.5 Å². The molecule has 4 heterocycles. The van der Waals surface area contributed by atoms with Gasteiger partial charge in [-0.05, 0) is 111 Å². The van der Waals surface area contributed by atoms with Crippen molar-refractivity contribution in [2.24, 2.45) is 17.8 Å². The van der Waals surface area contributed by atoms with Crippen molar-refractivity contribution in [1.82, 2.24) is 30.1 Å². The lowest BCUT2D eigenvalue weighted by molar-refractivity contribution is -0.300. The zero-order chi connectivity index (χ0) is 49.5. The van der Waals surface area contributed by atoms with E-state index in [9.17, 15) is 24.3 Å². The van der Waals surface area contributed by atoms with Crippen LogP contribution >= 0.6 is 0 Å². The summed E-state index contributed by atoms with van der Waals surface area (Å²) in [5, 5.41) is 24.1. The Kier molecular flexibility index (Phi) is 17.4. The number of anilines is 1. The number of unbranched alkanes of at least 4 members (excludes halogenated alkanes) is 1. The first kappa shape index (κ1) is 52.4. The molecule has 0 radical (unpaired) electrons. The lowest BCUT2D eigenvalue weighted by Gasteiger charge is -2.47. The van der Waals surface area contributed by atoms with E-state index in [1.165, 1.54) is 6.92 Å². The fourth-order valence-corrected chi connectivity index (χ4v) is 10.3.